The zero-order valence-corrected chi connectivity index (χ0v) is 12.6. The lowest BCUT2D eigenvalue weighted by molar-refractivity contribution is -0.130. The summed E-state index contributed by atoms with van der Waals surface area (Å²) in [6.45, 7) is 10.6. The largest absolute Gasteiger partial charge is 0.545 e. The van der Waals surface area contributed by atoms with Crippen molar-refractivity contribution in [3.8, 4) is 0 Å². The van der Waals surface area contributed by atoms with Crippen molar-refractivity contribution >= 4 is 20.4 Å². The Labute approximate surface area is 109 Å². The molecule has 4 nitrogen and oxygen atoms in total. The molecule has 1 aliphatic rings. The maximum Gasteiger partial charge on any atom is 0.250 e. The van der Waals surface area contributed by atoms with E-state index in [1.807, 2.05) is 0 Å². The van der Waals surface area contributed by atoms with Crippen LogP contribution >= 0.6 is 0 Å². The van der Waals surface area contributed by atoms with E-state index in [0.29, 0.717) is 12.0 Å². The van der Waals surface area contributed by atoms with Crippen LogP contribution in [-0.2, 0) is 14.0 Å². The van der Waals surface area contributed by atoms with Crippen LogP contribution in [0.5, 0.6) is 0 Å². The minimum Gasteiger partial charge on any atom is -0.545 e. The highest BCUT2D eigenvalue weighted by atomic mass is 28.4. The Morgan fingerprint density at radius 1 is 1.44 bits per heavy atom. The molecule has 100 valence electrons. The van der Waals surface area contributed by atoms with Gasteiger partial charge in [-0.3, -0.25) is 9.59 Å². The Balaban J connectivity index is 2.93. The summed E-state index contributed by atoms with van der Waals surface area (Å²) in [5.74, 6) is 0.0329. The molecule has 1 N–H and O–H groups in total. The van der Waals surface area contributed by atoms with Crippen LogP contribution in [0.1, 0.15) is 20.8 Å². The number of nitrogens with one attached hydrogen (secondary N) is 1. The number of hydrogen-bond acceptors (Lipinski definition) is 4. The van der Waals surface area contributed by atoms with Gasteiger partial charge in [-0.2, -0.15) is 0 Å². The van der Waals surface area contributed by atoms with Gasteiger partial charge in [0.05, 0.1) is 0 Å². The van der Waals surface area contributed by atoms with Crippen molar-refractivity contribution in [1.82, 2.24) is 5.32 Å². The van der Waals surface area contributed by atoms with E-state index in [0.717, 1.165) is 0 Å². The van der Waals surface area contributed by atoms with Gasteiger partial charge in [-0.15, -0.1) is 0 Å². The molecule has 0 aromatic carbocycles. The van der Waals surface area contributed by atoms with Gasteiger partial charge in [-0.1, -0.05) is 20.8 Å². The molecule has 5 heteroatoms. The van der Waals surface area contributed by atoms with Gasteiger partial charge in [0.2, 0.25) is 14.1 Å². The van der Waals surface area contributed by atoms with Crippen LogP contribution in [0.15, 0.2) is 24.1 Å². The quantitative estimate of drug-likeness (QED) is 0.482. The summed E-state index contributed by atoms with van der Waals surface area (Å²) in [5.41, 5.74) is 0. The molecule has 0 aromatic heterocycles. The average molecular weight is 267 g/mol. The normalized spacial score (nSPS) is 19.8. The van der Waals surface area contributed by atoms with E-state index in [1.54, 1.807) is 18.4 Å². The second-order valence-corrected chi connectivity index (χ2v) is 10.6. The number of ketones is 1. The summed E-state index contributed by atoms with van der Waals surface area (Å²) in [6, 6.07) is -0.679. The summed E-state index contributed by atoms with van der Waals surface area (Å²) < 4.78 is 6.09. The van der Waals surface area contributed by atoms with Crippen LogP contribution in [-0.4, -0.2) is 26.4 Å². The molecule has 0 fully saturated rings. The van der Waals surface area contributed by atoms with E-state index in [4.69, 9.17) is 4.43 Å². The number of carbonyl (C=O) groups is 2. The highest BCUT2D eigenvalue weighted by Gasteiger charge is 2.41. The van der Waals surface area contributed by atoms with Gasteiger partial charge in [0, 0.05) is 0 Å². The minimum atomic E-state index is -2.00. The van der Waals surface area contributed by atoms with Crippen molar-refractivity contribution in [2.75, 3.05) is 0 Å². The molecule has 1 unspecified atom stereocenters. The van der Waals surface area contributed by atoms with Gasteiger partial charge in [-0.25, -0.2) is 0 Å². The maximum absolute atomic E-state index is 11.5. The summed E-state index contributed by atoms with van der Waals surface area (Å²) in [5, 5.41) is 2.91. The molecule has 0 saturated carbocycles. The molecule has 0 aromatic rings. The molecule has 0 radical (unpaired) electrons. The second kappa shape index (κ2) is 5.10. The summed E-state index contributed by atoms with van der Waals surface area (Å²) in [7, 11) is -2.00. The average Bonchev–Trinajstić information content (AvgIpc) is 2.26. The predicted octanol–water partition coefficient (Wildman–Crippen LogP) is 2.15. The van der Waals surface area contributed by atoms with Crippen molar-refractivity contribution in [3.63, 3.8) is 0 Å². The monoisotopic (exact) mass is 267 g/mol. The molecule has 0 bridgehead atoms. The molecule has 0 aliphatic carbocycles. The molecule has 1 heterocycles. The molecule has 18 heavy (non-hydrogen) atoms. The van der Waals surface area contributed by atoms with Crippen LogP contribution in [0.25, 0.3) is 0 Å². The van der Waals surface area contributed by atoms with Crippen LogP contribution in [0.2, 0.25) is 18.1 Å². The smallest absolute Gasteiger partial charge is 0.250 e. The van der Waals surface area contributed by atoms with E-state index in [1.165, 1.54) is 0 Å². The van der Waals surface area contributed by atoms with E-state index in [-0.39, 0.29) is 5.04 Å². The highest BCUT2D eigenvalue weighted by Crippen LogP contribution is 2.38. The van der Waals surface area contributed by atoms with Gasteiger partial charge in [0.25, 0.3) is 0 Å². The van der Waals surface area contributed by atoms with Gasteiger partial charge in [0.1, 0.15) is 11.8 Å². The number of Topliss-reactive ketones (excluding diaryl/α,β-unsaturated/α-hetero) is 1. The van der Waals surface area contributed by atoms with Crippen molar-refractivity contribution in [2.24, 2.45) is 0 Å². The maximum atomic E-state index is 11.5. The molecule has 0 amide bonds. The predicted molar refractivity (Wildman–Crippen MR) is 73.5 cm³/mol. The summed E-state index contributed by atoms with van der Waals surface area (Å²) >= 11 is 0. The van der Waals surface area contributed by atoms with Crippen LogP contribution < -0.4 is 5.32 Å². The molecule has 1 aliphatic heterocycles. The minimum absolute atomic E-state index is 0.0454. The van der Waals surface area contributed by atoms with Crippen molar-refractivity contribution < 1.29 is 14.0 Å². The fraction of sp³-hybridized carbons (Fsp3) is 0.538. The van der Waals surface area contributed by atoms with Gasteiger partial charge < -0.3 is 9.74 Å². The Hall–Kier alpha value is -1.36. The van der Waals surface area contributed by atoms with Crippen molar-refractivity contribution in [2.45, 2.75) is 44.9 Å². The Morgan fingerprint density at radius 2 is 2.06 bits per heavy atom. The topological polar surface area (TPSA) is 55.4 Å². The fourth-order valence-electron chi connectivity index (χ4n) is 1.30. The number of hydrogen-bond donors (Lipinski definition) is 1. The third-order valence-electron chi connectivity index (χ3n) is 3.48. The molecule has 0 spiro atoms. The first-order valence-corrected chi connectivity index (χ1v) is 8.91. The van der Waals surface area contributed by atoms with Gasteiger partial charge in [0.15, 0.2) is 6.29 Å². The molecular formula is C13H21NO3Si. The van der Waals surface area contributed by atoms with Gasteiger partial charge >= 0.3 is 0 Å². The van der Waals surface area contributed by atoms with Crippen molar-refractivity contribution in [3.05, 3.63) is 24.1 Å². The van der Waals surface area contributed by atoms with Crippen molar-refractivity contribution in [1.29, 1.82) is 0 Å². The van der Waals surface area contributed by atoms with Crippen LogP contribution in [0.4, 0.5) is 0 Å². The lowest BCUT2D eigenvalue weighted by Crippen LogP contribution is -2.46. The molecule has 0 saturated heterocycles. The number of aldehydes is 1. The van der Waals surface area contributed by atoms with Crippen LogP contribution in [0.3, 0.4) is 0 Å². The van der Waals surface area contributed by atoms with E-state index in [2.05, 4.69) is 39.2 Å². The summed E-state index contributed by atoms with van der Waals surface area (Å²) in [4.78, 5) is 22.2. The highest BCUT2D eigenvalue weighted by molar-refractivity contribution is 6.74. The Bertz CT molecular complexity index is 405. The Kier molecular flexibility index (Phi) is 4.16. The van der Waals surface area contributed by atoms with E-state index >= 15 is 0 Å². The lowest BCUT2D eigenvalue weighted by Gasteiger charge is -2.39. The number of carbonyl (C=O) groups excluding carboxylic acids is 2. The first kappa shape index (κ1) is 14.7. The van der Waals surface area contributed by atoms with Crippen LogP contribution in [0, 0.1) is 0 Å². The summed E-state index contributed by atoms with van der Waals surface area (Å²) in [6.07, 6.45) is 5.50. The SMILES string of the molecule is CC(C)(C)[Si](C)(C)OC1=CC=CNC1C(=O)C=O. The second-order valence-electron chi connectivity index (χ2n) is 5.91. The number of rotatable bonds is 4. The standard InChI is InChI=1S/C13H21NO3Si/c1-13(2,3)18(4,5)17-11-7-6-8-14-12(11)10(16)9-15/h6-9,12,14H,1-5H3. The first-order chi connectivity index (χ1) is 8.19. The third-order valence-corrected chi connectivity index (χ3v) is 7.84. The molecule has 1 atom stereocenters. The first-order valence-electron chi connectivity index (χ1n) is 6.00. The fourth-order valence-corrected chi connectivity index (χ4v) is 2.39. The van der Waals surface area contributed by atoms with E-state index < -0.39 is 20.1 Å². The molecule has 1 rings (SSSR count). The lowest BCUT2D eigenvalue weighted by atomic mass is 10.1. The molecular weight excluding hydrogens is 246 g/mol. The van der Waals surface area contributed by atoms with E-state index in [9.17, 15) is 9.59 Å². The number of allylic oxidation sites excluding steroid dienone is 2. The third kappa shape index (κ3) is 3.10. The zero-order chi connectivity index (χ0) is 14.0. The number of dihydropyridines is 1. The van der Waals surface area contributed by atoms with Gasteiger partial charge in [-0.05, 0) is 36.5 Å². The zero-order valence-electron chi connectivity index (χ0n) is 11.6. The Morgan fingerprint density at radius 3 is 2.56 bits per heavy atom.